The summed E-state index contributed by atoms with van der Waals surface area (Å²) in [6, 6.07) is 3.89. The molecule has 0 bridgehead atoms. The zero-order valence-corrected chi connectivity index (χ0v) is 10.6. The van der Waals surface area contributed by atoms with Crippen molar-refractivity contribution in [3.63, 3.8) is 0 Å². The van der Waals surface area contributed by atoms with Crippen LogP contribution in [-0.2, 0) is 11.3 Å². The van der Waals surface area contributed by atoms with Gasteiger partial charge in [0.05, 0.1) is 12.2 Å². The molecule has 5 nitrogen and oxygen atoms in total. The van der Waals surface area contributed by atoms with E-state index >= 15 is 0 Å². The van der Waals surface area contributed by atoms with Crippen molar-refractivity contribution in [3.05, 3.63) is 24.0 Å². The number of carbonyl (C=O) groups is 1. The molecule has 1 amide bonds. The Morgan fingerprint density at radius 2 is 2.18 bits per heavy atom. The second kappa shape index (κ2) is 6.96. The van der Waals surface area contributed by atoms with Gasteiger partial charge < -0.3 is 10.6 Å². The number of aromatic nitrogens is 2. The van der Waals surface area contributed by atoms with Crippen molar-refractivity contribution in [1.29, 1.82) is 0 Å². The van der Waals surface area contributed by atoms with Crippen LogP contribution in [0.1, 0.15) is 26.5 Å². The Morgan fingerprint density at radius 1 is 1.41 bits per heavy atom. The summed E-state index contributed by atoms with van der Waals surface area (Å²) < 4.78 is 0. The van der Waals surface area contributed by atoms with Crippen molar-refractivity contribution < 1.29 is 4.79 Å². The standard InChI is InChI=1S/C12H20N4O/c1-9(2)10(3)15-12(17)8-13-7-11-5-4-6-14-16-11/h4-6,9-10,13H,7-8H2,1-3H3,(H,15,17). The molecule has 1 aromatic rings. The van der Waals surface area contributed by atoms with Crippen LogP contribution < -0.4 is 10.6 Å². The number of nitrogens with one attached hydrogen (secondary N) is 2. The van der Waals surface area contributed by atoms with Gasteiger partial charge in [0.25, 0.3) is 0 Å². The highest BCUT2D eigenvalue weighted by atomic mass is 16.1. The molecule has 1 unspecified atom stereocenters. The lowest BCUT2D eigenvalue weighted by atomic mass is 10.1. The minimum Gasteiger partial charge on any atom is -0.352 e. The van der Waals surface area contributed by atoms with Crippen LogP contribution in [-0.4, -0.2) is 28.7 Å². The van der Waals surface area contributed by atoms with Gasteiger partial charge in [-0.2, -0.15) is 10.2 Å². The molecule has 1 atom stereocenters. The molecule has 0 aromatic carbocycles. The average molecular weight is 236 g/mol. The molecule has 5 heteroatoms. The summed E-state index contributed by atoms with van der Waals surface area (Å²) in [6.45, 7) is 7.02. The average Bonchev–Trinajstić information content (AvgIpc) is 2.30. The largest absolute Gasteiger partial charge is 0.352 e. The number of hydrogen-bond acceptors (Lipinski definition) is 4. The van der Waals surface area contributed by atoms with E-state index in [2.05, 4.69) is 34.7 Å². The van der Waals surface area contributed by atoms with E-state index in [0.717, 1.165) is 5.69 Å². The zero-order valence-electron chi connectivity index (χ0n) is 10.6. The number of hydrogen-bond donors (Lipinski definition) is 2. The summed E-state index contributed by atoms with van der Waals surface area (Å²) in [5, 5.41) is 13.6. The molecule has 2 N–H and O–H groups in total. The number of carbonyl (C=O) groups excluding carboxylic acids is 1. The lowest BCUT2D eigenvalue weighted by Gasteiger charge is -2.17. The molecule has 1 rings (SSSR count). The highest BCUT2D eigenvalue weighted by Crippen LogP contribution is 1.98. The second-order valence-corrected chi connectivity index (χ2v) is 4.42. The zero-order chi connectivity index (χ0) is 12.7. The van der Waals surface area contributed by atoms with Gasteiger partial charge in [-0.3, -0.25) is 4.79 Å². The van der Waals surface area contributed by atoms with E-state index in [1.165, 1.54) is 0 Å². The van der Waals surface area contributed by atoms with E-state index in [9.17, 15) is 4.79 Å². The van der Waals surface area contributed by atoms with Crippen LogP contribution in [0.2, 0.25) is 0 Å². The van der Waals surface area contributed by atoms with Crippen molar-refractivity contribution in [1.82, 2.24) is 20.8 Å². The summed E-state index contributed by atoms with van der Waals surface area (Å²) in [7, 11) is 0. The van der Waals surface area contributed by atoms with Gasteiger partial charge in [0.15, 0.2) is 0 Å². The maximum Gasteiger partial charge on any atom is 0.234 e. The Kier molecular flexibility index (Phi) is 5.56. The number of nitrogens with zero attached hydrogens (tertiary/aromatic N) is 2. The highest BCUT2D eigenvalue weighted by molar-refractivity contribution is 5.78. The first kappa shape index (κ1) is 13.6. The third kappa shape index (κ3) is 5.40. The fourth-order valence-electron chi connectivity index (χ4n) is 1.20. The molecule has 0 spiro atoms. The summed E-state index contributed by atoms with van der Waals surface area (Å²) >= 11 is 0. The molecule has 0 aliphatic heterocycles. The Morgan fingerprint density at radius 3 is 2.76 bits per heavy atom. The van der Waals surface area contributed by atoms with Crippen LogP contribution >= 0.6 is 0 Å². The molecule has 0 fully saturated rings. The molecule has 1 heterocycles. The molecule has 0 saturated heterocycles. The van der Waals surface area contributed by atoms with Gasteiger partial charge in [0, 0.05) is 18.8 Å². The van der Waals surface area contributed by atoms with E-state index in [-0.39, 0.29) is 11.9 Å². The quantitative estimate of drug-likeness (QED) is 0.764. The molecule has 0 saturated carbocycles. The van der Waals surface area contributed by atoms with E-state index in [4.69, 9.17) is 0 Å². The van der Waals surface area contributed by atoms with Gasteiger partial charge in [-0.25, -0.2) is 0 Å². The molecular formula is C12H20N4O. The van der Waals surface area contributed by atoms with Gasteiger partial charge in [0.2, 0.25) is 5.91 Å². The van der Waals surface area contributed by atoms with Gasteiger partial charge in [0.1, 0.15) is 0 Å². The first-order chi connectivity index (χ1) is 8.09. The van der Waals surface area contributed by atoms with E-state index in [1.807, 2.05) is 19.1 Å². The predicted molar refractivity (Wildman–Crippen MR) is 66.2 cm³/mol. The molecule has 0 aliphatic carbocycles. The molecule has 0 radical (unpaired) electrons. The van der Waals surface area contributed by atoms with Gasteiger partial charge >= 0.3 is 0 Å². The Bertz CT molecular complexity index is 340. The Hall–Kier alpha value is -1.49. The normalized spacial score (nSPS) is 12.5. The van der Waals surface area contributed by atoms with Gasteiger partial charge in [-0.05, 0) is 25.0 Å². The molecule has 17 heavy (non-hydrogen) atoms. The van der Waals surface area contributed by atoms with E-state index in [0.29, 0.717) is 19.0 Å². The molecule has 94 valence electrons. The number of amides is 1. The lowest BCUT2D eigenvalue weighted by molar-refractivity contribution is -0.121. The maximum atomic E-state index is 11.5. The SMILES string of the molecule is CC(C)C(C)NC(=O)CNCc1cccnn1. The van der Waals surface area contributed by atoms with Gasteiger partial charge in [-0.15, -0.1) is 0 Å². The summed E-state index contributed by atoms with van der Waals surface area (Å²) in [6.07, 6.45) is 1.63. The van der Waals surface area contributed by atoms with Crippen molar-refractivity contribution >= 4 is 5.91 Å². The van der Waals surface area contributed by atoms with Crippen LogP contribution in [0, 0.1) is 5.92 Å². The Balaban J connectivity index is 2.21. The van der Waals surface area contributed by atoms with Crippen molar-refractivity contribution in [2.24, 2.45) is 5.92 Å². The number of rotatable bonds is 6. The predicted octanol–water partition coefficient (Wildman–Crippen LogP) is 0.727. The summed E-state index contributed by atoms with van der Waals surface area (Å²) in [5.74, 6) is 0.453. The van der Waals surface area contributed by atoms with Crippen LogP contribution in [0.25, 0.3) is 0 Å². The topological polar surface area (TPSA) is 66.9 Å². The van der Waals surface area contributed by atoms with Crippen molar-refractivity contribution in [2.75, 3.05) is 6.54 Å². The Labute approximate surface area is 102 Å². The molecular weight excluding hydrogens is 216 g/mol. The third-order valence-corrected chi connectivity index (χ3v) is 2.61. The monoisotopic (exact) mass is 236 g/mol. The van der Waals surface area contributed by atoms with Crippen molar-refractivity contribution in [2.45, 2.75) is 33.4 Å². The van der Waals surface area contributed by atoms with E-state index < -0.39 is 0 Å². The minimum atomic E-state index is 0.00934. The molecule has 0 aliphatic rings. The third-order valence-electron chi connectivity index (χ3n) is 2.61. The maximum absolute atomic E-state index is 11.5. The van der Waals surface area contributed by atoms with E-state index in [1.54, 1.807) is 6.20 Å². The fourth-order valence-corrected chi connectivity index (χ4v) is 1.20. The fraction of sp³-hybridized carbons (Fsp3) is 0.583. The highest BCUT2D eigenvalue weighted by Gasteiger charge is 2.09. The van der Waals surface area contributed by atoms with Gasteiger partial charge in [-0.1, -0.05) is 13.8 Å². The van der Waals surface area contributed by atoms with Crippen LogP contribution in [0.3, 0.4) is 0 Å². The van der Waals surface area contributed by atoms with Crippen LogP contribution in [0.5, 0.6) is 0 Å². The summed E-state index contributed by atoms with van der Waals surface area (Å²) in [5.41, 5.74) is 0.831. The van der Waals surface area contributed by atoms with Crippen molar-refractivity contribution in [3.8, 4) is 0 Å². The van der Waals surface area contributed by atoms with Crippen LogP contribution in [0.15, 0.2) is 18.3 Å². The minimum absolute atomic E-state index is 0.00934. The smallest absolute Gasteiger partial charge is 0.234 e. The lowest BCUT2D eigenvalue weighted by Crippen LogP contribution is -2.41. The molecule has 1 aromatic heterocycles. The first-order valence-corrected chi connectivity index (χ1v) is 5.86. The second-order valence-electron chi connectivity index (χ2n) is 4.42. The first-order valence-electron chi connectivity index (χ1n) is 5.86. The van der Waals surface area contributed by atoms with Crippen LogP contribution in [0.4, 0.5) is 0 Å². The summed E-state index contributed by atoms with van der Waals surface area (Å²) in [4.78, 5) is 11.5.